The fourth-order valence-electron chi connectivity index (χ4n) is 3.77. The standard InChI is InChI=1S/C18H27N3O4/c1-12(2)21-8-6-5-7-18(17(21)23)11-20(9-10-24-18)16(22)15-13(3)19-14(4)25-15/h12H,5-11H2,1-4H3. The van der Waals surface area contributed by atoms with Crippen molar-refractivity contribution in [2.45, 2.75) is 58.6 Å². The van der Waals surface area contributed by atoms with Gasteiger partial charge in [-0.05, 0) is 40.0 Å². The summed E-state index contributed by atoms with van der Waals surface area (Å²) in [5.41, 5.74) is -0.350. The van der Waals surface area contributed by atoms with Crippen LogP contribution in [0, 0.1) is 13.8 Å². The molecule has 1 spiro atoms. The van der Waals surface area contributed by atoms with Crippen molar-refractivity contribution in [3.8, 4) is 0 Å². The Morgan fingerprint density at radius 1 is 1.24 bits per heavy atom. The Hall–Kier alpha value is -1.89. The number of likely N-dealkylation sites (tertiary alicyclic amines) is 1. The number of hydrogen-bond acceptors (Lipinski definition) is 5. The Morgan fingerprint density at radius 2 is 2.00 bits per heavy atom. The van der Waals surface area contributed by atoms with Gasteiger partial charge in [0.1, 0.15) is 0 Å². The number of nitrogens with zero attached hydrogens (tertiary/aromatic N) is 3. The van der Waals surface area contributed by atoms with Gasteiger partial charge in [0.05, 0.1) is 18.8 Å². The first-order valence-corrected chi connectivity index (χ1v) is 9.02. The normalized spacial score (nSPS) is 24.9. The molecule has 1 aromatic rings. The first-order valence-electron chi connectivity index (χ1n) is 9.02. The van der Waals surface area contributed by atoms with Crippen LogP contribution in [0.2, 0.25) is 0 Å². The third kappa shape index (κ3) is 3.29. The van der Waals surface area contributed by atoms with Crippen LogP contribution in [0.5, 0.6) is 0 Å². The summed E-state index contributed by atoms with van der Waals surface area (Å²) >= 11 is 0. The fraction of sp³-hybridized carbons (Fsp3) is 0.722. The summed E-state index contributed by atoms with van der Waals surface area (Å²) in [6.07, 6.45) is 2.52. The second kappa shape index (κ2) is 6.78. The molecule has 1 unspecified atom stereocenters. The summed E-state index contributed by atoms with van der Waals surface area (Å²) in [4.78, 5) is 33.8. The highest BCUT2D eigenvalue weighted by Gasteiger charge is 2.48. The van der Waals surface area contributed by atoms with Crippen molar-refractivity contribution in [3.63, 3.8) is 0 Å². The molecule has 0 aromatic carbocycles. The molecular formula is C18H27N3O4. The van der Waals surface area contributed by atoms with Crippen molar-refractivity contribution in [2.24, 2.45) is 0 Å². The monoisotopic (exact) mass is 349 g/mol. The number of carbonyl (C=O) groups is 2. The lowest BCUT2D eigenvalue weighted by molar-refractivity contribution is -0.169. The predicted molar refractivity (Wildman–Crippen MR) is 91.3 cm³/mol. The van der Waals surface area contributed by atoms with Crippen molar-refractivity contribution < 1.29 is 18.7 Å². The predicted octanol–water partition coefficient (Wildman–Crippen LogP) is 1.92. The molecule has 1 aromatic heterocycles. The topological polar surface area (TPSA) is 75.9 Å². The summed E-state index contributed by atoms with van der Waals surface area (Å²) in [6.45, 7) is 9.34. The van der Waals surface area contributed by atoms with Gasteiger partial charge in [0.25, 0.3) is 11.8 Å². The molecule has 2 amide bonds. The van der Waals surface area contributed by atoms with Gasteiger partial charge in [0.2, 0.25) is 5.76 Å². The zero-order valence-corrected chi connectivity index (χ0v) is 15.5. The van der Waals surface area contributed by atoms with E-state index in [0.717, 1.165) is 19.4 Å². The van der Waals surface area contributed by atoms with Crippen LogP contribution in [-0.2, 0) is 9.53 Å². The first-order chi connectivity index (χ1) is 11.8. The van der Waals surface area contributed by atoms with Gasteiger partial charge in [0, 0.05) is 26.1 Å². The van der Waals surface area contributed by atoms with Crippen LogP contribution in [-0.4, -0.2) is 64.5 Å². The van der Waals surface area contributed by atoms with E-state index in [1.165, 1.54) is 0 Å². The van der Waals surface area contributed by atoms with E-state index < -0.39 is 5.60 Å². The summed E-state index contributed by atoms with van der Waals surface area (Å²) in [5.74, 6) is 0.522. The van der Waals surface area contributed by atoms with E-state index in [4.69, 9.17) is 9.15 Å². The Bertz CT molecular complexity index is 669. The van der Waals surface area contributed by atoms with E-state index in [2.05, 4.69) is 4.98 Å². The number of rotatable bonds is 2. The smallest absolute Gasteiger partial charge is 0.291 e. The molecular weight excluding hydrogens is 322 g/mol. The molecule has 2 aliphatic heterocycles. The summed E-state index contributed by atoms with van der Waals surface area (Å²) in [6, 6.07) is 0.122. The van der Waals surface area contributed by atoms with Crippen LogP contribution in [0.25, 0.3) is 0 Å². The zero-order chi connectivity index (χ0) is 18.2. The lowest BCUT2D eigenvalue weighted by Gasteiger charge is -2.43. The van der Waals surface area contributed by atoms with Gasteiger partial charge in [-0.3, -0.25) is 9.59 Å². The van der Waals surface area contributed by atoms with E-state index in [1.54, 1.807) is 18.7 Å². The minimum Gasteiger partial charge on any atom is -0.436 e. The van der Waals surface area contributed by atoms with Gasteiger partial charge in [-0.25, -0.2) is 4.98 Å². The van der Waals surface area contributed by atoms with Gasteiger partial charge in [-0.1, -0.05) is 0 Å². The third-order valence-electron chi connectivity index (χ3n) is 5.07. The number of morpholine rings is 1. The van der Waals surface area contributed by atoms with Gasteiger partial charge in [-0.15, -0.1) is 0 Å². The number of amides is 2. The maximum absolute atomic E-state index is 13.2. The molecule has 0 radical (unpaired) electrons. The minimum absolute atomic E-state index is 0.00275. The first kappa shape index (κ1) is 17.9. The molecule has 2 aliphatic rings. The maximum Gasteiger partial charge on any atom is 0.291 e. The zero-order valence-electron chi connectivity index (χ0n) is 15.5. The number of oxazole rings is 1. The van der Waals surface area contributed by atoms with Gasteiger partial charge in [0.15, 0.2) is 11.5 Å². The number of ether oxygens (including phenoxy) is 1. The Kier molecular flexibility index (Phi) is 4.86. The van der Waals surface area contributed by atoms with E-state index >= 15 is 0 Å². The minimum atomic E-state index is -0.933. The summed E-state index contributed by atoms with van der Waals surface area (Å²) < 4.78 is 11.5. The Labute approximate surface area is 148 Å². The van der Waals surface area contributed by atoms with Crippen LogP contribution in [0.1, 0.15) is 55.2 Å². The molecule has 3 heterocycles. The van der Waals surface area contributed by atoms with E-state index in [0.29, 0.717) is 31.2 Å². The van der Waals surface area contributed by atoms with Crippen LogP contribution in [0.15, 0.2) is 4.42 Å². The van der Waals surface area contributed by atoms with Crippen molar-refractivity contribution in [2.75, 3.05) is 26.2 Å². The van der Waals surface area contributed by atoms with E-state index in [9.17, 15) is 9.59 Å². The van der Waals surface area contributed by atoms with Crippen LogP contribution < -0.4 is 0 Å². The van der Waals surface area contributed by atoms with Crippen molar-refractivity contribution >= 4 is 11.8 Å². The summed E-state index contributed by atoms with van der Waals surface area (Å²) in [7, 11) is 0. The van der Waals surface area contributed by atoms with Crippen LogP contribution in [0.3, 0.4) is 0 Å². The van der Waals surface area contributed by atoms with Crippen LogP contribution in [0.4, 0.5) is 0 Å². The van der Waals surface area contributed by atoms with E-state index in [1.807, 2.05) is 18.7 Å². The highest BCUT2D eigenvalue weighted by Crippen LogP contribution is 2.31. The molecule has 0 aliphatic carbocycles. The summed E-state index contributed by atoms with van der Waals surface area (Å²) in [5, 5.41) is 0. The highest BCUT2D eigenvalue weighted by atomic mass is 16.5. The second-order valence-electron chi connectivity index (χ2n) is 7.27. The molecule has 25 heavy (non-hydrogen) atoms. The van der Waals surface area contributed by atoms with Gasteiger partial charge in [-0.2, -0.15) is 0 Å². The third-order valence-corrected chi connectivity index (χ3v) is 5.07. The number of hydrogen-bond donors (Lipinski definition) is 0. The maximum atomic E-state index is 13.2. The Morgan fingerprint density at radius 3 is 2.64 bits per heavy atom. The molecule has 3 rings (SSSR count). The molecule has 7 heteroatoms. The second-order valence-corrected chi connectivity index (χ2v) is 7.27. The SMILES string of the molecule is Cc1nc(C)c(C(=O)N2CCOC3(CCCCN(C(C)C)C3=O)C2)o1. The van der Waals surface area contributed by atoms with Gasteiger partial charge >= 0.3 is 0 Å². The molecule has 138 valence electrons. The largest absolute Gasteiger partial charge is 0.436 e. The highest BCUT2D eigenvalue weighted by molar-refractivity contribution is 5.94. The average molecular weight is 349 g/mol. The van der Waals surface area contributed by atoms with Crippen LogP contribution >= 0.6 is 0 Å². The average Bonchev–Trinajstić information content (AvgIpc) is 2.83. The molecule has 7 nitrogen and oxygen atoms in total. The lowest BCUT2D eigenvalue weighted by Crippen LogP contribution is -2.61. The Balaban J connectivity index is 1.85. The number of carbonyl (C=O) groups excluding carboxylic acids is 2. The van der Waals surface area contributed by atoms with Crippen molar-refractivity contribution in [3.05, 3.63) is 17.3 Å². The molecule has 0 N–H and O–H groups in total. The molecule has 2 fully saturated rings. The lowest BCUT2D eigenvalue weighted by atomic mass is 9.93. The van der Waals surface area contributed by atoms with Gasteiger partial charge < -0.3 is 19.0 Å². The molecule has 1 atom stereocenters. The van der Waals surface area contributed by atoms with Crippen molar-refractivity contribution in [1.82, 2.24) is 14.8 Å². The number of aromatic nitrogens is 1. The quantitative estimate of drug-likeness (QED) is 0.815. The number of aryl methyl sites for hydroxylation is 2. The fourth-order valence-corrected chi connectivity index (χ4v) is 3.77. The molecule has 0 bridgehead atoms. The molecule has 0 saturated carbocycles. The van der Waals surface area contributed by atoms with Crippen molar-refractivity contribution in [1.29, 1.82) is 0 Å². The van der Waals surface area contributed by atoms with E-state index in [-0.39, 0.29) is 30.2 Å². The molecule has 2 saturated heterocycles.